The number of carbonyl (C=O) groups is 2. The maximum atomic E-state index is 12.3. The highest BCUT2D eigenvalue weighted by molar-refractivity contribution is 7.80. The third-order valence-corrected chi connectivity index (χ3v) is 7.74. The molecular formula is C26H40N2O3S. The Morgan fingerprint density at radius 1 is 1.00 bits per heavy atom. The minimum atomic E-state index is -0.950. The molecule has 178 valence electrons. The molecule has 32 heavy (non-hydrogen) atoms. The van der Waals surface area contributed by atoms with Gasteiger partial charge in [-0.25, -0.2) is 4.79 Å². The van der Waals surface area contributed by atoms with Crippen molar-refractivity contribution < 1.29 is 14.7 Å². The predicted molar refractivity (Wildman–Crippen MR) is 132 cm³/mol. The van der Waals surface area contributed by atoms with Crippen LogP contribution in [0.25, 0.3) is 0 Å². The van der Waals surface area contributed by atoms with E-state index in [2.05, 4.69) is 17.9 Å². The molecule has 0 saturated heterocycles. The SMILES string of the molecule is C1CCC(NC2CCCCC2)CC1.C[C@H](CS)C(=O)N1Cc2ccccc2C[C@H]1C(=O)O. The summed E-state index contributed by atoms with van der Waals surface area (Å²) in [5.74, 6) is -0.940. The number of fused-ring (bicyclic) bond motifs is 1. The zero-order valence-electron chi connectivity index (χ0n) is 19.5. The molecule has 2 saturated carbocycles. The fraction of sp³-hybridized carbons (Fsp3) is 0.692. The normalized spacial score (nSPS) is 22.9. The van der Waals surface area contributed by atoms with Gasteiger partial charge in [0.15, 0.2) is 0 Å². The maximum Gasteiger partial charge on any atom is 0.326 e. The first-order valence-corrected chi connectivity index (χ1v) is 13.1. The average Bonchev–Trinajstić information content (AvgIpc) is 2.84. The molecule has 6 heteroatoms. The molecule has 1 heterocycles. The molecule has 2 N–H and O–H groups in total. The van der Waals surface area contributed by atoms with Crippen LogP contribution >= 0.6 is 12.6 Å². The minimum Gasteiger partial charge on any atom is -0.480 e. The van der Waals surface area contributed by atoms with Gasteiger partial charge >= 0.3 is 5.97 Å². The van der Waals surface area contributed by atoms with Crippen molar-refractivity contribution in [2.75, 3.05) is 5.75 Å². The second-order valence-corrected chi connectivity index (χ2v) is 10.1. The van der Waals surface area contributed by atoms with Gasteiger partial charge in [-0.2, -0.15) is 12.6 Å². The summed E-state index contributed by atoms with van der Waals surface area (Å²) in [5.41, 5.74) is 2.04. The van der Waals surface area contributed by atoms with E-state index in [-0.39, 0.29) is 11.8 Å². The fourth-order valence-electron chi connectivity index (χ4n) is 5.21. The summed E-state index contributed by atoms with van der Waals surface area (Å²) in [4.78, 5) is 25.1. The second-order valence-electron chi connectivity index (χ2n) is 9.71. The Labute approximate surface area is 198 Å². The van der Waals surface area contributed by atoms with E-state index in [1.165, 1.54) is 69.1 Å². The van der Waals surface area contributed by atoms with E-state index in [0.29, 0.717) is 18.7 Å². The van der Waals surface area contributed by atoms with Gasteiger partial charge in [-0.15, -0.1) is 0 Å². The molecule has 0 spiro atoms. The fourth-order valence-corrected chi connectivity index (χ4v) is 5.36. The molecule has 2 aliphatic carbocycles. The highest BCUT2D eigenvalue weighted by Crippen LogP contribution is 2.25. The van der Waals surface area contributed by atoms with E-state index in [4.69, 9.17) is 0 Å². The molecule has 1 aliphatic heterocycles. The number of hydrogen-bond donors (Lipinski definition) is 3. The molecule has 0 bridgehead atoms. The molecule has 2 fully saturated rings. The summed E-state index contributed by atoms with van der Waals surface area (Å²) < 4.78 is 0. The van der Waals surface area contributed by atoms with Crippen molar-refractivity contribution in [3.05, 3.63) is 35.4 Å². The number of carboxylic acid groups (broad SMARTS) is 1. The summed E-state index contributed by atoms with van der Waals surface area (Å²) >= 11 is 4.12. The lowest BCUT2D eigenvalue weighted by molar-refractivity contribution is -0.152. The zero-order chi connectivity index (χ0) is 22.9. The number of benzene rings is 1. The van der Waals surface area contributed by atoms with Crippen molar-refractivity contribution in [2.45, 2.75) is 102 Å². The van der Waals surface area contributed by atoms with E-state index in [9.17, 15) is 14.7 Å². The van der Waals surface area contributed by atoms with Gasteiger partial charge in [-0.05, 0) is 36.8 Å². The number of amides is 1. The summed E-state index contributed by atoms with van der Waals surface area (Å²) in [6, 6.07) is 8.64. The highest BCUT2D eigenvalue weighted by atomic mass is 32.1. The standard InChI is InChI=1S/C14H17NO3S.C12H23N/c1-9(8-19)13(16)15-7-11-5-3-2-4-10(11)6-12(15)14(17)18;1-3-7-11(8-4-1)13-12-9-5-2-6-10-12/h2-5,9,12,19H,6-8H2,1H3,(H,17,18);11-13H,1-10H2/t9-,12+;/m1./s1. The van der Waals surface area contributed by atoms with E-state index < -0.39 is 12.0 Å². The Balaban J connectivity index is 0.000000193. The van der Waals surface area contributed by atoms with Gasteiger partial charge in [-0.3, -0.25) is 4.79 Å². The van der Waals surface area contributed by atoms with Crippen LogP contribution in [0.3, 0.4) is 0 Å². The average molecular weight is 461 g/mol. The number of carbonyl (C=O) groups excluding carboxylic acids is 1. The Bertz CT molecular complexity index is 728. The van der Waals surface area contributed by atoms with Gasteiger partial charge in [0.2, 0.25) is 5.91 Å². The summed E-state index contributed by atoms with van der Waals surface area (Å²) in [6.07, 6.45) is 14.9. The third-order valence-electron chi connectivity index (χ3n) is 7.19. The number of hydrogen-bond acceptors (Lipinski definition) is 4. The van der Waals surface area contributed by atoms with E-state index >= 15 is 0 Å². The quantitative estimate of drug-likeness (QED) is 0.551. The lowest BCUT2D eigenvalue weighted by Crippen LogP contribution is -2.50. The van der Waals surface area contributed by atoms with Crippen molar-refractivity contribution >= 4 is 24.5 Å². The summed E-state index contributed by atoms with van der Waals surface area (Å²) in [7, 11) is 0. The largest absolute Gasteiger partial charge is 0.480 e. The molecule has 1 amide bonds. The predicted octanol–water partition coefficient (Wildman–Crippen LogP) is 4.83. The number of rotatable bonds is 5. The number of nitrogens with one attached hydrogen (secondary N) is 1. The first kappa shape index (κ1) is 25.1. The lowest BCUT2D eigenvalue weighted by Gasteiger charge is -2.35. The van der Waals surface area contributed by atoms with Gasteiger partial charge in [0, 0.05) is 36.7 Å². The van der Waals surface area contributed by atoms with E-state index in [1.54, 1.807) is 6.92 Å². The molecule has 1 aromatic rings. The molecule has 0 aromatic heterocycles. The van der Waals surface area contributed by atoms with Gasteiger partial charge in [0.25, 0.3) is 0 Å². The number of nitrogens with zero attached hydrogens (tertiary/aromatic N) is 1. The van der Waals surface area contributed by atoms with Crippen LogP contribution < -0.4 is 5.32 Å². The van der Waals surface area contributed by atoms with Crippen molar-refractivity contribution in [3.8, 4) is 0 Å². The lowest BCUT2D eigenvalue weighted by atomic mass is 9.91. The van der Waals surface area contributed by atoms with Crippen molar-refractivity contribution in [2.24, 2.45) is 5.92 Å². The highest BCUT2D eigenvalue weighted by Gasteiger charge is 2.35. The van der Waals surface area contributed by atoms with E-state index in [1.807, 2.05) is 24.3 Å². The summed E-state index contributed by atoms with van der Waals surface area (Å²) in [5, 5.41) is 13.2. The maximum absolute atomic E-state index is 12.3. The van der Waals surface area contributed by atoms with Crippen molar-refractivity contribution in [1.29, 1.82) is 0 Å². The molecular weight excluding hydrogens is 420 g/mol. The van der Waals surface area contributed by atoms with Crippen molar-refractivity contribution in [1.82, 2.24) is 10.2 Å². The number of aliphatic carboxylic acids is 1. The molecule has 4 rings (SSSR count). The van der Waals surface area contributed by atoms with Crippen LogP contribution in [0.4, 0.5) is 0 Å². The van der Waals surface area contributed by atoms with Gasteiger partial charge in [0.1, 0.15) is 6.04 Å². The Hall–Kier alpha value is -1.53. The first-order chi connectivity index (χ1) is 15.5. The van der Waals surface area contributed by atoms with Crippen LogP contribution in [0.1, 0.15) is 82.3 Å². The monoisotopic (exact) mass is 460 g/mol. The van der Waals surface area contributed by atoms with Crippen LogP contribution in [-0.4, -0.2) is 45.8 Å². The first-order valence-electron chi connectivity index (χ1n) is 12.5. The van der Waals surface area contributed by atoms with Crippen LogP contribution in [0, 0.1) is 5.92 Å². The second kappa shape index (κ2) is 12.6. The van der Waals surface area contributed by atoms with Crippen molar-refractivity contribution in [3.63, 3.8) is 0 Å². The Morgan fingerprint density at radius 3 is 2.03 bits per heavy atom. The smallest absolute Gasteiger partial charge is 0.326 e. The van der Waals surface area contributed by atoms with Crippen LogP contribution in [-0.2, 0) is 22.6 Å². The van der Waals surface area contributed by atoms with Gasteiger partial charge in [-0.1, -0.05) is 69.7 Å². The van der Waals surface area contributed by atoms with Crippen LogP contribution in [0.15, 0.2) is 24.3 Å². The molecule has 5 nitrogen and oxygen atoms in total. The van der Waals surface area contributed by atoms with Gasteiger partial charge in [0.05, 0.1) is 0 Å². The molecule has 3 aliphatic rings. The molecule has 0 radical (unpaired) electrons. The Kier molecular flexibility index (Phi) is 9.92. The minimum absolute atomic E-state index is 0.142. The number of carboxylic acids is 1. The van der Waals surface area contributed by atoms with Crippen LogP contribution in [0.2, 0.25) is 0 Å². The molecule has 1 aromatic carbocycles. The topological polar surface area (TPSA) is 69.6 Å². The third kappa shape index (κ3) is 6.98. The molecule has 2 atom stereocenters. The Morgan fingerprint density at radius 2 is 1.53 bits per heavy atom. The zero-order valence-corrected chi connectivity index (χ0v) is 20.4. The van der Waals surface area contributed by atoms with Crippen LogP contribution in [0.5, 0.6) is 0 Å². The molecule has 0 unspecified atom stereocenters. The van der Waals surface area contributed by atoms with E-state index in [0.717, 1.165) is 23.2 Å². The van der Waals surface area contributed by atoms with Gasteiger partial charge < -0.3 is 15.3 Å². The summed E-state index contributed by atoms with van der Waals surface area (Å²) in [6.45, 7) is 2.14. The number of thiol groups is 1.